The van der Waals surface area contributed by atoms with E-state index >= 15 is 0 Å². The zero-order valence-corrected chi connectivity index (χ0v) is 25.3. The minimum atomic E-state index is -1.02. The molecule has 3 aromatic rings. The Kier molecular flexibility index (Phi) is 10.1. The van der Waals surface area contributed by atoms with E-state index < -0.39 is 6.09 Å². The average molecular weight is 605 g/mol. The van der Waals surface area contributed by atoms with Crippen LogP contribution in [0.2, 0.25) is 0 Å². The van der Waals surface area contributed by atoms with E-state index in [4.69, 9.17) is 10.5 Å². The van der Waals surface area contributed by atoms with Crippen molar-refractivity contribution < 1.29 is 19.4 Å². The van der Waals surface area contributed by atoms with Crippen LogP contribution in [0, 0.1) is 0 Å². The van der Waals surface area contributed by atoms with Gasteiger partial charge in [0.15, 0.2) is 0 Å². The Morgan fingerprint density at radius 3 is 2.30 bits per heavy atom. The van der Waals surface area contributed by atoms with Gasteiger partial charge < -0.3 is 35.6 Å². The van der Waals surface area contributed by atoms with Crippen molar-refractivity contribution in [3.63, 3.8) is 0 Å². The summed E-state index contributed by atoms with van der Waals surface area (Å²) in [6.07, 6.45) is 3.71. The molecule has 0 aliphatic carbocycles. The fourth-order valence-corrected chi connectivity index (χ4v) is 5.31. The quantitative estimate of drug-likeness (QED) is 0.369. The predicted octanol–water partition coefficient (Wildman–Crippen LogP) is 1.23. The summed E-state index contributed by atoms with van der Waals surface area (Å²) in [6.45, 7) is 7.39. The average Bonchev–Trinajstić information content (AvgIpc) is 3.49. The van der Waals surface area contributed by atoms with Crippen molar-refractivity contribution >= 4 is 29.7 Å². The standard InChI is InChI=1S/C15H17N7O3.C15H23N3O/c16-13-17-7-9(8-18-13)11-10-1-2-22(15(23)24)12(10)20-14(19-11)21-3-5-25-6-4-21;1-16-8-7-13-3-5-14(6-4-13)15(19)18-11-9-17(2)10-12-18/h7-8H,1-6H2,(H,23,24)(H2,16,17,18);3-6,16H,7-12H2,1-2H3. The summed E-state index contributed by atoms with van der Waals surface area (Å²) in [5.41, 5.74) is 9.76. The van der Waals surface area contributed by atoms with Crippen molar-refractivity contribution in [1.29, 1.82) is 0 Å². The Bertz CT molecular complexity index is 1420. The number of amides is 2. The minimum absolute atomic E-state index is 0.160. The van der Waals surface area contributed by atoms with Crippen molar-refractivity contribution in [3.05, 3.63) is 53.3 Å². The Morgan fingerprint density at radius 2 is 1.66 bits per heavy atom. The third-order valence-electron chi connectivity index (χ3n) is 7.94. The van der Waals surface area contributed by atoms with Crippen LogP contribution < -0.4 is 20.9 Å². The fraction of sp³-hybridized carbons (Fsp3) is 0.467. The largest absolute Gasteiger partial charge is 0.465 e. The van der Waals surface area contributed by atoms with Gasteiger partial charge in [-0.25, -0.2) is 19.7 Å². The molecule has 1 aromatic carbocycles. The summed E-state index contributed by atoms with van der Waals surface area (Å²) in [5.74, 6) is 1.25. The second-order valence-electron chi connectivity index (χ2n) is 10.9. The Morgan fingerprint density at radius 1 is 0.977 bits per heavy atom. The highest BCUT2D eigenvalue weighted by Gasteiger charge is 2.31. The third kappa shape index (κ3) is 7.38. The molecule has 44 heavy (non-hydrogen) atoms. The number of nitrogens with zero attached hydrogens (tertiary/aromatic N) is 8. The van der Waals surface area contributed by atoms with Gasteiger partial charge in [0.05, 0.1) is 18.9 Å². The lowest BCUT2D eigenvalue weighted by Gasteiger charge is -2.32. The van der Waals surface area contributed by atoms with Crippen LogP contribution >= 0.6 is 0 Å². The monoisotopic (exact) mass is 604 g/mol. The topological polar surface area (TPSA) is 166 Å². The van der Waals surface area contributed by atoms with E-state index in [1.165, 1.54) is 10.5 Å². The van der Waals surface area contributed by atoms with E-state index in [2.05, 4.69) is 49.3 Å². The zero-order chi connectivity index (χ0) is 31.1. The number of nitrogens with one attached hydrogen (secondary N) is 1. The maximum atomic E-state index is 12.3. The molecule has 3 aliphatic rings. The zero-order valence-electron chi connectivity index (χ0n) is 25.3. The number of rotatable bonds is 6. The highest BCUT2D eigenvalue weighted by molar-refractivity contribution is 5.94. The van der Waals surface area contributed by atoms with Gasteiger partial charge in [-0.15, -0.1) is 0 Å². The van der Waals surface area contributed by atoms with Gasteiger partial charge in [0.2, 0.25) is 11.9 Å². The number of ether oxygens (including phenoxy) is 1. The number of hydrogen-bond acceptors (Lipinski definition) is 11. The van der Waals surface area contributed by atoms with Gasteiger partial charge in [0.1, 0.15) is 5.82 Å². The Hall–Kier alpha value is -4.40. The number of morpholine rings is 1. The molecule has 234 valence electrons. The molecule has 0 bridgehead atoms. The number of carbonyl (C=O) groups is 2. The lowest BCUT2D eigenvalue weighted by atomic mass is 10.1. The van der Waals surface area contributed by atoms with E-state index in [1.807, 2.05) is 29.0 Å². The Balaban J connectivity index is 0.000000182. The molecule has 0 radical (unpaired) electrons. The molecule has 2 saturated heterocycles. The molecule has 2 amide bonds. The van der Waals surface area contributed by atoms with Crippen molar-refractivity contribution in [3.8, 4) is 11.3 Å². The molecule has 0 spiro atoms. The summed E-state index contributed by atoms with van der Waals surface area (Å²) in [7, 11) is 4.05. The first kappa shape index (κ1) is 31.0. The number of anilines is 3. The van der Waals surface area contributed by atoms with Crippen LogP contribution in [0.1, 0.15) is 21.5 Å². The van der Waals surface area contributed by atoms with E-state index in [9.17, 15) is 14.7 Å². The van der Waals surface area contributed by atoms with Crippen LogP contribution in [0.3, 0.4) is 0 Å². The maximum absolute atomic E-state index is 12.3. The van der Waals surface area contributed by atoms with Gasteiger partial charge >= 0.3 is 6.09 Å². The van der Waals surface area contributed by atoms with E-state index in [1.54, 1.807) is 12.4 Å². The molecule has 3 aliphatic heterocycles. The summed E-state index contributed by atoms with van der Waals surface area (Å²) in [5, 5.41) is 12.6. The second kappa shape index (κ2) is 14.4. The van der Waals surface area contributed by atoms with Gasteiger partial charge in [-0.05, 0) is 51.2 Å². The number of fused-ring (bicyclic) bond motifs is 1. The lowest BCUT2D eigenvalue weighted by molar-refractivity contribution is 0.0664. The van der Waals surface area contributed by atoms with Gasteiger partial charge in [-0.3, -0.25) is 9.69 Å². The number of aromatic nitrogens is 4. The Labute approximate surface area is 256 Å². The van der Waals surface area contributed by atoms with Crippen molar-refractivity contribution in [2.45, 2.75) is 12.8 Å². The molecular formula is C30H40N10O4. The molecule has 14 heteroatoms. The third-order valence-corrected chi connectivity index (χ3v) is 7.94. The summed E-state index contributed by atoms with van der Waals surface area (Å²) < 4.78 is 5.37. The number of carboxylic acid groups (broad SMARTS) is 1. The van der Waals surface area contributed by atoms with E-state index in [0.29, 0.717) is 62.3 Å². The maximum Gasteiger partial charge on any atom is 0.413 e. The number of nitrogen functional groups attached to an aromatic ring is 1. The SMILES string of the molecule is CNCCc1ccc(C(=O)N2CCN(C)CC2)cc1.Nc1ncc(-c2nc(N3CCOCC3)nc3c2CCN3C(=O)O)cn1. The smallest absolute Gasteiger partial charge is 0.413 e. The lowest BCUT2D eigenvalue weighted by Crippen LogP contribution is -2.47. The van der Waals surface area contributed by atoms with Crippen LogP contribution in [-0.4, -0.2) is 127 Å². The van der Waals surface area contributed by atoms with Crippen molar-refractivity contribution in [2.24, 2.45) is 0 Å². The molecule has 14 nitrogen and oxygen atoms in total. The van der Waals surface area contributed by atoms with Gasteiger partial charge in [0, 0.05) is 74.9 Å². The first-order valence-corrected chi connectivity index (χ1v) is 14.9. The highest BCUT2D eigenvalue weighted by atomic mass is 16.5. The van der Waals surface area contributed by atoms with Crippen LogP contribution in [-0.2, 0) is 17.6 Å². The number of piperazine rings is 1. The molecule has 5 heterocycles. The number of hydrogen-bond donors (Lipinski definition) is 3. The van der Waals surface area contributed by atoms with Crippen molar-refractivity contribution in [1.82, 2.24) is 35.1 Å². The van der Waals surface area contributed by atoms with Gasteiger partial charge in [-0.1, -0.05) is 12.1 Å². The fourth-order valence-electron chi connectivity index (χ4n) is 5.31. The number of benzene rings is 1. The number of likely N-dealkylation sites (N-methyl/N-ethyl adjacent to an activating group) is 2. The van der Waals surface area contributed by atoms with Gasteiger partial charge in [0.25, 0.3) is 5.91 Å². The van der Waals surface area contributed by atoms with Crippen molar-refractivity contribution in [2.75, 3.05) is 95.2 Å². The molecule has 0 unspecified atom stereocenters. The second-order valence-corrected chi connectivity index (χ2v) is 10.9. The molecule has 2 aromatic heterocycles. The molecule has 0 saturated carbocycles. The first-order chi connectivity index (χ1) is 21.3. The summed E-state index contributed by atoms with van der Waals surface area (Å²) >= 11 is 0. The predicted molar refractivity (Wildman–Crippen MR) is 167 cm³/mol. The number of carbonyl (C=O) groups excluding carboxylic acids is 1. The normalized spacial score (nSPS) is 16.7. The molecule has 0 atom stereocenters. The van der Waals surface area contributed by atoms with E-state index in [0.717, 1.165) is 50.3 Å². The summed E-state index contributed by atoms with van der Waals surface area (Å²) in [4.78, 5) is 48.5. The van der Waals surface area contributed by atoms with Crippen LogP contribution in [0.5, 0.6) is 0 Å². The molecule has 2 fully saturated rings. The van der Waals surface area contributed by atoms with Crippen LogP contribution in [0.15, 0.2) is 36.7 Å². The molecule has 4 N–H and O–H groups in total. The molecular weight excluding hydrogens is 564 g/mol. The highest BCUT2D eigenvalue weighted by Crippen LogP contribution is 2.35. The summed E-state index contributed by atoms with van der Waals surface area (Å²) in [6, 6.07) is 8.01. The molecule has 6 rings (SSSR count). The minimum Gasteiger partial charge on any atom is -0.465 e. The first-order valence-electron chi connectivity index (χ1n) is 14.9. The van der Waals surface area contributed by atoms with Crippen LogP contribution in [0.25, 0.3) is 11.3 Å². The van der Waals surface area contributed by atoms with Gasteiger partial charge in [-0.2, -0.15) is 4.98 Å². The number of nitrogens with two attached hydrogens (primary N) is 1. The van der Waals surface area contributed by atoms with E-state index in [-0.39, 0.29) is 11.9 Å². The van der Waals surface area contributed by atoms with Crippen LogP contribution in [0.4, 0.5) is 22.5 Å².